The van der Waals surface area contributed by atoms with E-state index in [2.05, 4.69) is 9.97 Å². The number of aryl methyl sites for hydroxylation is 2. The Balaban J connectivity index is 2.18. The summed E-state index contributed by atoms with van der Waals surface area (Å²) in [6, 6.07) is -0.501. The number of ether oxygens (including phenoxy) is 1. The van der Waals surface area contributed by atoms with Crippen molar-refractivity contribution in [2.24, 2.45) is 0 Å². The molecule has 114 valence electrons. The average Bonchev–Trinajstić information content (AvgIpc) is 2.91. The topological polar surface area (TPSA) is 92.4 Å². The van der Waals surface area contributed by atoms with Gasteiger partial charge in [-0.1, -0.05) is 0 Å². The van der Waals surface area contributed by atoms with E-state index in [1.807, 2.05) is 0 Å². The first-order chi connectivity index (χ1) is 9.93. The van der Waals surface area contributed by atoms with E-state index >= 15 is 0 Å². The van der Waals surface area contributed by atoms with Gasteiger partial charge in [-0.05, 0) is 26.7 Å². The molecular weight excluding hydrogens is 274 g/mol. The number of amides is 1. The van der Waals surface area contributed by atoms with E-state index in [4.69, 9.17) is 4.74 Å². The summed E-state index contributed by atoms with van der Waals surface area (Å²) in [5.41, 5.74) is 1.46. The quantitative estimate of drug-likeness (QED) is 0.798. The molecule has 1 atom stereocenters. The number of esters is 1. The van der Waals surface area contributed by atoms with Gasteiger partial charge in [0.05, 0.1) is 13.5 Å². The van der Waals surface area contributed by atoms with Gasteiger partial charge >= 0.3 is 11.7 Å². The minimum atomic E-state index is -0.501. The van der Waals surface area contributed by atoms with Gasteiger partial charge in [0, 0.05) is 23.5 Å². The van der Waals surface area contributed by atoms with Gasteiger partial charge in [0.25, 0.3) is 0 Å². The number of H-pyrrole nitrogens is 1. The molecule has 0 radical (unpaired) electrons. The Labute approximate surface area is 122 Å². The van der Waals surface area contributed by atoms with E-state index < -0.39 is 11.7 Å². The predicted molar refractivity (Wildman–Crippen MR) is 74.8 cm³/mol. The molecule has 7 nitrogen and oxygen atoms in total. The van der Waals surface area contributed by atoms with Crippen molar-refractivity contribution in [2.45, 2.75) is 39.2 Å². The number of rotatable bonds is 3. The summed E-state index contributed by atoms with van der Waals surface area (Å²) in [5.74, 6) is -0.531. The van der Waals surface area contributed by atoms with Crippen molar-refractivity contribution in [2.75, 3.05) is 13.7 Å². The smallest absolute Gasteiger partial charge is 0.345 e. The number of carbonyl (C=O) groups is 2. The number of methoxy groups -OCH3 is 1. The summed E-state index contributed by atoms with van der Waals surface area (Å²) in [6.45, 7) is 3.99. The number of nitrogens with zero attached hydrogens (tertiary/aromatic N) is 2. The molecule has 2 heterocycles. The van der Waals surface area contributed by atoms with Crippen LogP contribution in [0, 0.1) is 13.8 Å². The molecule has 1 unspecified atom stereocenters. The van der Waals surface area contributed by atoms with Gasteiger partial charge in [0.2, 0.25) is 5.91 Å². The lowest BCUT2D eigenvalue weighted by Crippen LogP contribution is -2.42. The average molecular weight is 293 g/mol. The summed E-state index contributed by atoms with van der Waals surface area (Å²) in [5, 5.41) is 0. The minimum absolute atomic E-state index is 0.120. The van der Waals surface area contributed by atoms with Gasteiger partial charge in [-0.15, -0.1) is 0 Å². The highest BCUT2D eigenvalue weighted by molar-refractivity contribution is 5.86. The summed E-state index contributed by atoms with van der Waals surface area (Å²) in [7, 11) is 1.32. The number of nitrogens with one attached hydrogen (secondary N) is 1. The molecule has 1 fully saturated rings. The molecule has 1 aliphatic rings. The zero-order chi connectivity index (χ0) is 15.6. The van der Waals surface area contributed by atoms with Gasteiger partial charge in [-0.3, -0.25) is 4.79 Å². The van der Waals surface area contributed by atoms with Crippen LogP contribution in [0.15, 0.2) is 4.79 Å². The maximum Gasteiger partial charge on any atom is 0.345 e. The molecule has 1 aromatic rings. The van der Waals surface area contributed by atoms with Crippen LogP contribution < -0.4 is 5.69 Å². The van der Waals surface area contributed by atoms with Gasteiger partial charge in [0.1, 0.15) is 6.04 Å². The lowest BCUT2D eigenvalue weighted by molar-refractivity contribution is -0.150. The van der Waals surface area contributed by atoms with Gasteiger partial charge in [0.15, 0.2) is 0 Å². The van der Waals surface area contributed by atoms with Gasteiger partial charge < -0.3 is 14.6 Å². The Kier molecular flexibility index (Phi) is 4.40. The lowest BCUT2D eigenvalue weighted by Gasteiger charge is -2.23. The molecular formula is C14H19N3O4. The van der Waals surface area contributed by atoms with Crippen molar-refractivity contribution in [1.29, 1.82) is 0 Å². The first kappa shape index (κ1) is 15.2. The molecule has 0 aromatic carbocycles. The Morgan fingerprint density at radius 2 is 2.14 bits per heavy atom. The number of aromatic amines is 1. The Hall–Kier alpha value is -2.18. The molecule has 2 rings (SSSR count). The maximum atomic E-state index is 12.4. The highest BCUT2D eigenvalue weighted by atomic mass is 16.5. The summed E-state index contributed by atoms with van der Waals surface area (Å²) >= 11 is 0. The minimum Gasteiger partial charge on any atom is -0.467 e. The first-order valence-corrected chi connectivity index (χ1v) is 6.87. The van der Waals surface area contributed by atoms with E-state index in [1.165, 1.54) is 7.11 Å². The van der Waals surface area contributed by atoms with Crippen molar-refractivity contribution in [3.8, 4) is 0 Å². The largest absolute Gasteiger partial charge is 0.467 e. The second-order valence-electron chi connectivity index (χ2n) is 5.18. The van der Waals surface area contributed by atoms with Crippen LogP contribution in [0.4, 0.5) is 0 Å². The summed E-state index contributed by atoms with van der Waals surface area (Å²) in [6.07, 6.45) is 1.53. The zero-order valence-electron chi connectivity index (χ0n) is 12.4. The monoisotopic (exact) mass is 293 g/mol. The van der Waals surface area contributed by atoms with Gasteiger partial charge in [-0.25, -0.2) is 9.59 Å². The molecule has 21 heavy (non-hydrogen) atoms. The van der Waals surface area contributed by atoms with Crippen molar-refractivity contribution in [3.05, 3.63) is 27.4 Å². The molecule has 0 saturated carbocycles. The molecule has 0 spiro atoms. The Bertz CT molecular complexity index is 597. The fourth-order valence-electron chi connectivity index (χ4n) is 2.71. The second kappa shape index (κ2) is 6.07. The molecule has 0 aliphatic carbocycles. The molecule has 1 amide bonds. The molecule has 1 aromatic heterocycles. The Morgan fingerprint density at radius 1 is 1.43 bits per heavy atom. The van der Waals surface area contributed by atoms with Crippen molar-refractivity contribution >= 4 is 11.9 Å². The van der Waals surface area contributed by atoms with Crippen molar-refractivity contribution in [3.63, 3.8) is 0 Å². The third kappa shape index (κ3) is 3.12. The predicted octanol–water partition coefficient (Wildman–Crippen LogP) is 0.0932. The zero-order valence-corrected chi connectivity index (χ0v) is 12.4. The van der Waals surface area contributed by atoms with Crippen molar-refractivity contribution in [1.82, 2.24) is 14.9 Å². The van der Waals surface area contributed by atoms with Crippen LogP contribution in [-0.4, -0.2) is 46.4 Å². The lowest BCUT2D eigenvalue weighted by atomic mass is 10.1. The first-order valence-electron chi connectivity index (χ1n) is 6.87. The standard InChI is InChI=1S/C14H19N3O4/c1-8-10(9(2)16-14(20)15-8)7-12(18)17-6-4-5-11(17)13(19)21-3/h11H,4-7H2,1-3H3,(H,15,16,20). The van der Waals surface area contributed by atoms with E-state index in [9.17, 15) is 14.4 Å². The third-order valence-electron chi connectivity index (χ3n) is 3.83. The van der Waals surface area contributed by atoms with E-state index in [0.717, 1.165) is 6.42 Å². The number of aromatic nitrogens is 2. The van der Waals surface area contributed by atoms with Crippen LogP contribution in [0.25, 0.3) is 0 Å². The third-order valence-corrected chi connectivity index (χ3v) is 3.83. The maximum absolute atomic E-state index is 12.4. The molecule has 0 bridgehead atoms. The number of hydrogen-bond donors (Lipinski definition) is 1. The fraction of sp³-hybridized carbons (Fsp3) is 0.571. The molecule has 1 saturated heterocycles. The summed E-state index contributed by atoms with van der Waals surface area (Å²) in [4.78, 5) is 43.3. The Morgan fingerprint density at radius 3 is 2.76 bits per heavy atom. The molecule has 1 N–H and O–H groups in total. The van der Waals surface area contributed by atoms with E-state index in [1.54, 1.807) is 18.7 Å². The van der Waals surface area contributed by atoms with E-state index in [0.29, 0.717) is 29.9 Å². The van der Waals surface area contributed by atoms with Crippen LogP contribution in [0.1, 0.15) is 29.8 Å². The molecule has 7 heteroatoms. The second-order valence-corrected chi connectivity index (χ2v) is 5.18. The van der Waals surface area contributed by atoms with Crippen molar-refractivity contribution < 1.29 is 14.3 Å². The summed E-state index contributed by atoms with van der Waals surface area (Å²) < 4.78 is 4.74. The van der Waals surface area contributed by atoms with Crippen LogP contribution in [0.2, 0.25) is 0 Å². The molecule has 1 aliphatic heterocycles. The van der Waals surface area contributed by atoms with Gasteiger partial charge in [-0.2, -0.15) is 4.98 Å². The SMILES string of the molecule is COC(=O)C1CCCN1C(=O)Cc1c(C)nc(=O)[nH]c1C. The van der Waals surface area contributed by atoms with Crippen LogP contribution in [0.3, 0.4) is 0 Å². The van der Waals surface area contributed by atoms with Crippen LogP contribution in [-0.2, 0) is 20.7 Å². The highest BCUT2D eigenvalue weighted by Gasteiger charge is 2.34. The van der Waals surface area contributed by atoms with E-state index in [-0.39, 0.29) is 18.3 Å². The highest BCUT2D eigenvalue weighted by Crippen LogP contribution is 2.20. The number of hydrogen-bond acceptors (Lipinski definition) is 5. The number of likely N-dealkylation sites (tertiary alicyclic amines) is 1. The number of carbonyl (C=O) groups excluding carboxylic acids is 2. The normalized spacial score (nSPS) is 17.9. The fourth-order valence-corrected chi connectivity index (χ4v) is 2.71. The van der Waals surface area contributed by atoms with Crippen LogP contribution >= 0.6 is 0 Å². The van der Waals surface area contributed by atoms with Crippen LogP contribution in [0.5, 0.6) is 0 Å².